The second-order valence-electron chi connectivity index (χ2n) is 6.47. The highest BCUT2D eigenvalue weighted by molar-refractivity contribution is 7.98. The van der Waals surface area contributed by atoms with E-state index in [1.54, 1.807) is 12.1 Å². The van der Waals surface area contributed by atoms with Crippen LogP contribution in [0, 0.1) is 0 Å². The zero-order valence-electron chi connectivity index (χ0n) is 15.1. The summed E-state index contributed by atoms with van der Waals surface area (Å²) < 4.78 is 39.8. The van der Waals surface area contributed by atoms with Crippen molar-refractivity contribution in [1.82, 2.24) is 14.9 Å². The Balaban J connectivity index is 1.79. The van der Waals surface area contributed by atoms with Crippen molar-refractivity contribution in [1.29, 1.82) is 0 Å². The summed E-state index contributed by atoms with van der Waals surface area (Å²) in [4.78, 5) is 22.8. The Morgan fingerprint density at radius 3 is 2.36 bits per heavy atom. The highest BCUT2D eigenvalue weighted by Crippen LogP contribution is 2.32. The number of carbonyl (C=O) groups is 1. The van der Waals surface area contributed by atoms with Gasteiger partial charge in [-0.25, -0.2) is 14.8 Å². The van der Waals surface area contributed by atoms with Crippen molar-refractivity contribution in [3.63, 3.8) is 0 Å². The maximum Gasteiger partial charge on any atom is 0.433 e. The molecule has 0 saturated carbocycles. The van der Waals surface area contributed by atoms with Gasteiger partial charge in [-0.1, -0.05) is 23.9 Å². The van der Waals surface area contributed by atoms with E-state index in [4.69, 9.17) is 5.11 Å². The van der Waals surface area contributed by atoms with E-state index in [9.17, 15) is 18.0 Å². The average Bonchev–Trinajstić information content (AvgIpc) is 2.66. The number of nitrogens with zero attached hydrogens (tertiary/aromatic N) is 4. The molecule has 3 rings (SSSR count). The second-order valence-corrected chi connectivity index (χ2v) is 7.42. The average molecular weight is 412 g/mol. The third-order valence-corrected chi connectivity index (χ3v) is 5.30. The summed E-state index contributed by atoms with van der Waals surface area (Å²) in [5.74, 6) is -0.417. The van der Waals surface area contributed by atoms with Crippen LogP contribution in [0.4, 0.5) is 19.0 Å². The lowest BCUT2D eigenvalue weighted by molar-refractivity contribution is -0.141. The third-order valence-electron chi connectivity index (χ3n) is 4.38. The molecular weight excluding hydrogens is 393 g/mol. The predicted octanol–water partition coefficient (Wildman–Crippen LogP) is 3.24. The van der Waals surface area contributed by atoms with Crippen molar-refractivity contribution < 1.29 is 23.1 Å². The maximum atomic E-state index is 13.3. The molecule has 28 heavy (non-hydrogen) atoms. The number of rotatable bonds is 5. The van der Waals surface area contributed by atoms with Crippen molar-refractivity contribution in [2.75, 3.05) is 38.1 Å². The van der Waals surface area contributed by atoms with E-state index in [0.29, 0.717) is 18.8 Å². The largest absolute Gasteiger partial charge is 0.478 e. The van der Waals surface area contributed by atoms with Gasteiger partial charge < -0.3 is 14.9 Å². The summed E-state index contributed by atoms with van der Waals surface area (Å²) in [6.45, 7) is 2.71. The first-order chi connectivity index (χ1) is 13.2. The minimum atomic E-state index is -4.55. The van der Waals surface area contributed by atoms with Crippen LogP contribution in [0.25, 0.3) is 0 Å². The van der Waals surface area contributed by atoms with E-state index in [0.717, 1.165) is 36.5 Å². The minimum Gasteiger partial charge on any atom is -0.478 e. The number of alkyl halides is 3. The SMILES string of the molecule is CN1CCN(c2cc(C(F)(F)F)nc(SCc3ccc(C(=O)O)cc3)n2)CC1. The van der Waals surface area contributed by atoms with Crippen molar-refractivity contribution in [2.45, 2.75) is 17.1 Å². The molecule has 6 nitrogen and oxygen atoms in total. The predicted molar refractivity (Wildman–Crippen MR) is 99.7 cm³/mol. The van der Waals surface area contributed by atoms with Gasteiger partial charge in [-0.3, -0.25) is 0 Å². The van der Waals surface area contributed by atoms with Crippen LogP contribution < -0.4 is 4.90 Å². The van der Waals surface area contributed by atoms with E-state index >= 15 is 0 Å². The molecular formula is C18H19F3N4O2S. The molecule has 0 aliphatic carbocycles. The summed E-state index contributed by atoms with van der Waals surface area (Å²) >= 11 is 1.09. The number of hydrogen-bond donors (Lipinski definition) is 1. The molecule has 0 bridgehead atoms. The first-order valence-electron chi connectivity index (χ1n) is 8.57. The number of thioether (sulfide) groups is 1. The highest BCUT2D eigenvalue weighted by atomic mass is 32.2. The van der Waals surface area contributed by atoms with E-state index in [-0.39, 0.29) is 16.5 Å². The molecule has 1 aromatic heterocycles. The fourth-order valence-corrected chi connectivity index (χ4v) is 3.52. The van der Waals surface area contributed by atoms with Gasteiger partial charge >= 0.3 is 12.1 Å². The zero-order valence-corrected chi connectivity index (χ0v) is 15.9. The lowest BCUT2D eigenvalue weighted by atomic mass is 10.1. The number of benzene rings is 1. The van der Waals surface area contributed by atoms with E-state index < -0.39 is 17.8 Å². The maximum absolute atomic E-state index is 13.3. The molecule has 0 atom stereocenters. The molecule has 1 aliphatic rings. The lowest BCUT2D eigenvalue weighted by Crippen LogP contribution is -2.45. The minimum absolute atomic E-state index is 0.0473. The number of piperazine rings is 1. The van der Waals surface area contributed by atoms with Gasteiger partial charge in [0.05, 0.1) is 5.56 Å². The summed E-state index contributed by atoms with van der Waals surface area (Å²) in [7, 11) is 1.97. The van der Waals surface area contributed by atoms with Gasteiger partial charge in [0.25, 0.3) is 0 Å². The smallest absolute Gasteiger partial charge is 0.433 e. The monoisotopic (exact) mass is 412 g/mol. The number of halogens is 3. The van der Waals surface area contributed by atoms with E-state index in [1.807, 2.05) is 11.9 Å². The molecule has 1 saturated heterocycles. The van der Waals surface area contributed by atoms with Crippen LogP contribution in [0.5, 0.6) is 0 Å². The van der Waals surface area contributed by atoms with Crippen LogP contribution in [0.2, 0.25) is 0 Å². The quantitative estimate of drug-likeness (QED) is 0.597. The van der Waals surface area contributed by atoms with Crippen molar-refractivity contribution in [3.05, 3.63) is 47.2 Å². The first kappa shape index (κ1) is 20.4. The van der Waals surface area contributed by atoms with Gasteiger partial charge in [0.15, 0.2) is 10.9 Å². The standard InChI is InChI=1S/C18H19F3N4O2S/c1-24-6-8-25(9-7-24)15-10-14(18(19,20)21)22-17(23-15)28-11-12-2-4-13(5-3-12)16(26)27/h2-5,10H,6-9,11H2,1H3,(H,26,27). The topological polar surface area (TPSA) is 69.6 Å². The summed E-state index contributed by atoms with van der Waals surface area (Å²) in [5.41, 5.74) is -0.0290. The molecule has 1 N–H and O–H groups in total. The summed E-state index contributed by atoms with van der Waals surface area (Å²) in [5, 5.41) is 8.97. The molecule has 1 fully saturated rings. The Kier molecular flexibility index (Phi) is 6.09. The Hall–Kier alpha value is -2.33. The van der Waals surface area contributed by atoms with Crippen molar-refractivity contribution in [3.8, 4) is 0 Å². The number of hydrogen-bond acceptors (Lipinski definition) is 6. The van der Waals surface area contributed by atoms with Gasteiger partial charge in [0, 0.05) is 38.0 Å². The molecule has 2 aromatic rings. The molecule has 2 heterocycles. The Labute approximate surface area is 164 Å². The summed E-state index contributed by atoms with van der Waals surface area (Å²) in [6.07, 6.45) is -4.55. The number of likely N-dealkylation sites (N-methyl/N-ethyl adjacent to an activating group) is 1. The molecule has 0 unspecified atom stereocenters. The van der Waals surface area contributed by atoms with Crippen LogP contribution in [0.15, 0.2) is 35.5 Å². The lowest BCUT2D eigenvalue weighted by Gasteiger charge is -2.33. The fraction of sp³-hybridized carbons (Fsp3) is 0.389. The number of aromatic nitrogens is 2. The zero-order chi connectivity index (χ0) is 20.3. The van der Waals surface area contributed by atoms with Crippen molar-refractivity contribution in [2.24, 2.45) is 0 Å². The number of carboxylic acids is 1. The molecule has 0 amide bonds. The number of aromatic carboxylic acids is 1. The molecule has 0 spiro atoms. The van der Waals surface area contributed by atoms with Gasteiger partial charge in [-0.2, -0.15) is 13.2 Å². The Bertz CT molecular complexity index is 838. The molecule has 1 aromatic carbocycles. The normalized spacial score (nSPS) is 15.6. The van der Waals surface area contributed by atoms with E-state index in [1.165, 1.54) is 12.1 Å². The number of carboxylic acid groups (broad SMARTS) is 1. The number of anilines is 1. The van der Waals surface area contributed by atoms with Gasteiger partial charge in [-0.05, 0) is 24.7 Å². The first-order valence-corrected chi connectivity index (χ1v) is 9.56. The molecule has 10 heteroatoms. The third kappa shape index (κ3) is 5.14. The van der Waals surface area contributed by atoms with Crippen LogP contribution in [-0.4, -0.2) is 59.2 Å². The van der Waals surface area contributed by atoms with Gasteiger partial charge in [-0.15, -0.1) is 0 Å². The highest BCUT2D eigenvalue weighted by Gasteiger charge is 2.34. The van der Waals surface area contributed by atoms with Crippen LogP contribution in [0.3, 0.4) is 0 Å². The second kappa shape index (κ2) is 8.36. The van der Waals surface area contributed by atoms with E-state index in [2.05, 4.69) is 14.9 Å². The van der Waals surface area contributed by atoms with Gasteiger partial charge in [0.2, 0.25) is 0 Å². The van der Waals surface area contributed by atoms with Gasteiger partial charge in [0.1, 0.15) is 5.82 Å². The molecule has 0 radical (unpaired) electrons. The molecule has 1 aliphatic heterocycles. The Morgan fingerprint density at radius 1 is 1.14 bits per heavy atom. The Morgan fingerprint density at radius 2 is 1.79 bits per heavy atom. The van der Waals surface area contributed by atoms with Crippen LogP contribution in [0.1, 0.15) is 21.6 Å². The van der Waals surface area contributed by atoms with Crippen molar-refractivity contribution >= 4 is 23.5 Å². The summed E-state index contributed by atoms with van der Waals surface area (Å²) in [6, 6.07) is 7.18. The molecule has 150 valence electrons. The van der Waals surface area contributed by atoms with Crippen LogP contribution in [-0.2, 0) is 11.9 Å². The van der Waals surface area contributed by atoms with Crippen LogP contribution >= 0.6 is 11.8 Å². The fourth-order valence-electron chi connectivity index (χ4n) is 2.71.